The molecule has 1 nitrogen and oxygen atoms in total. The summed E-state index contributed by atoms with van der Waals surface area (Å²) in [5, 5.41) is 15.5. The van der Waals surface area contributed by atoms with Crippen molar-refractivity contribution in [3.63, 3.8) is 0 Å². The summed E-state index contributed by atoms with van der Waals surface area (Å²) in [6, 6.07) is 61.9. The lowest BCUT2D eigenvalue weighted by Crippen LogP contribution is -1.90. The third-order valence-electron chi connectivity index (χ3n) is 10.6. The molecule has 226 valence electrons. The van der Waals surface area contributed by atoms with Crippen LogP contribution in [0, 0.1) is 0 Å². The Hall–Kier alpha value is -6.44. The highest BCUT2D eigenvalue weighted by molar-refractivity contribution is 6.40. The van der Waals surface area contributed by atoms with Gasteiger partial charge in [-0.05, 0) is 106 Å². The molecule has 11 aromatic rings. The number of benzene rings is 10. The van der Waals surface area contributed by atoms with Crippen LogP contribution < -0.4 is 0 Å². The van der Waals surface area contributed by atoms with E-state index in [1.165, 1.54) is 76.1 Å². The second kappa shape index (κ2) is 10.0. The van der Waals surface area contributed by atoms with Crippen molar-refractivity contribution in [1.82, 2.24) is 0 Å². The van der Waals surface area contributed by atoms with E-state index in [0.29, 0.717) is 0 Å². The van der Waals surface area contributed by atoms with Gasteiger partial charge in [-0.25, -0.2) is 0 Å². The predicted molar refractivity (Wildman–Crippen MR) is 209 cm³/mol. The minimum absolute atomic E-state index is 0.908. The lowest BCUT2D eigenvalue weighted by molar-refractivity contribution is 0.670. The Morgan fingerprint density at radius 1 is 0.265 bits per heavy atom. The van der Waals surface area contributed by atoms with Gasteiger partial charge in [0.2, 0.25) is 0 Å². The van der Waals surface area contributed by atoms with E-state index in [1.54, 1.807) is 0 Å². The molecule has 0 amide bonds. The summed E-state index contributed by atoms with van der Waals surface area (Å²) in [6.07, 6.45) is 0. The summed E-state index contributed by atoms with van der Waals surface area (Å²) in [5.74, 6) is 0. The highest BCUT2D eigenvalue weighted by Crippen LogP contribution is 2.45. The fourth-order valence-electron chi connectivity index (χ4n) is 8.38. The molecule has 10 aromatic carbocycles. The van der Waals surface area contributed by atoms with Crippen molar-refractivity contribution in [3.8, 4) is 33.4 Å². The SMILES string of the molecule is c1ccc(-c2cccc3c2oc2ccc(-c4cccc(-c5ccc6c(c5)c5cccc7c8ccccc8c8cccc6c8c75)c4)cc23)cc1. The molecule has 0 aliphatic carbocycles. The summed E-state index contributed by atoms with van der Waals surface area (Å²) < 4.78 is 6.47. The van der Waals surface area contributed by atoms with Crippen molar-refractivity contribution in [1.29, 1.82) is 0 Å². The first-order valence-corrected chi connectivity index (χ1v) is 16.9. The molecule has 1 heterocycles. The fourth-order valence-corrected chi connectivity index (χ4v) is 8.38. The second-order valence-corrected chi connectivity index (χ2v) is 13.2. The number of fused-ring (bicyclic) bond motifs is 9. The Kier molecular flexibility index (Phi) is 5.45. The Labute approximate surface area is 282 Å². The van der Waals surface area contributed by atoms with Crippen LogP contribution in [-0.4, -0.2) is 0 Å². The van der Waals surface area contributed by atoms with Crippen LogP contribution in [-0.2, 0) is 0 Å². The molecule has 0 aliphatic rings. The van der Waals surface area contributed by atoms with Crippen LogP contribution in [0.2, 0.25) is 0 Å². The molecule has 0 aliphatic heterocycles. The zero-order valence-corrected chi connectivity index (χ0v) is 26.6. The van der Waals surface area contributed by atoms with Crippen LogP contribution >= 0.6 is 0 Å². The van der Waals surface area contributed by atoms with Gasteiger partial charge in [0.25, 0.3) is 0 Å². The smallest absolute Gasteiger partial charge is 0.143 e. The van der Waals surface area contributed by atoms with Gasteiger partial charge in [-0.15, -0.1) is 0 Å². The van der Waals surface area contributed by atoms with Crippen LogP contribution in [0.3, 0.4) is 0 Å². The van der Waals surface area contributed by atoms with Crippen LogP contribution in [0.4, 0.5) is 0 Å². The van der Waals surface area contributed by atoms with Crippen molar-refractivity contribution in [3.05, 3.63) is 170 Å². The van der Waals surface area contributed by atoms with E-state index in [9.17, 15) is 0 Å². The molecule has 0 fully saturated rings. The van der Waals surface area contributed by atoms with Crippen LogP contribution in [0.5, 0.6) is 0 Å². The monoisotopic (exact) mass is 620 g/mol. The molecule has 11 rings (SSSR count). The normalized spacial score (nSPS) is 12.1. The highest BCUT2D eigenvalue weighted by Gasteiger charge is 2.17. The number of hydrogen-bond donors (Lipinski definition) is 0. The fraction of sp³-hybridized carbons (Fsp3) is 0. The molecule has 0 saturated heterocycles. The molecule has 0 bridgehead atoms. The Morgan fingerprint density at radius 3 is 1.43 bits per heavy atom. The van der Waals surface area contributed by atoms with E-state index in [4.69, 9.17) is 4.42 Å². The molecule has 0 saturated carbocycles. The number of para-hydroxylation sites is 1. The summed E-state index contributed by atoms with van der Waals surface area (Å²) in [4.78, 5) is 0. The van der Waals surface area contributed by atoms with Crippen LogP contribution in [0.25, 0.3) is 109 Å². The van der Waals surface area contributed by atoms with Crippen molar-refractivity contribution in [2.45, 2.75) is 0 Å². The molecule has 0 unspecified atom stereocenters. The zero-order valence-electron chi connectivity index (χ0n) is 26.6. The molecule has 0 radical (unpaired) electrons. The average molecular weight is 621 g/mol. The lowest BCUT2D eigenvalue weighted by Gasteiger charge is -2.18. The van der Waals surface area contributed by atoms with E-state index in [-0.39, 0.29) is 0 Å². The number of rotatable bonds is 3. The zero-order chi connectivity index (χ0) is 32.1. The maximum absolute atomic E-state index is 6.47. The third kappa shape index (κ3) is 3.82. The predicted octanol–water partition coefficient (Wildman–Crippen LogP) is 13.8. The summed E-state index contributed by atoms with van der Waals surface area (Å²) in [5.41, 5.74) is 8.92. The second-order valence-electron chi connectivity index (χ2n) is 13.2. The minimum Gasteiger partial charge on any atom is -0.455 e. The first-order valence-electron chi connectivity index (χ1n) is 16.9. The molecule has 0 atom stereocenters. The van der Waals surface area contributed by atoms with E-state index in [1.807, 2.05) is 6.07 Å². The van der Waals surface area contributed by atoms with Crippen molar-refractivity contribution in [2.24, 2.45) is 0 Å². The van der Waals surface area contributed by atoms with Crippen molar-refractivity contribution >= 4 is 75.8 Å². The van der Waals surface area contributed by atoms with E-state index in [2.05, 4.69) is 164 Å². The maximum Gasteiger partial charge on any atom is 0.143 e. The summed E-state index contributed by atoms with van der Waals surface area (Å²) in [6.45, 7) is 0. The van der Waals surface area contributed by atoms with E-state index >= 15 is 0 Å². The number of furan rings is 1. The minimum atomic E-state index is 0.908. The van der Waals surface area contributed by atoms with Crippen LogP contribution in [0.15, 0.2) is 174 Å². The molecular weight excluding hydrogens is 593 g/mol. The van der Waals surface area contributed by atoms with Crippen molar-refractivity contribution in [2.75, 3.05) is 0 Å². The van der Waals surface area contributed by atoms with Gasteiger partial charge in [0.1, 0.15) is 11.2 Å². The molecule has 49 heavy (non-hydrogen) atoms. The van der Waals surface area contributed by atoms with Gasteiger partial charge in [0.05, 0.1) is 0 Å². The van der Waals surface area contributed by atoms with E-state index in [0.717, 1.165) is 33.1 Å². The maximum atomic E-state index is 6.47. The highest BCUT2D eigenvalue weighted by atomic mass is 16.3. The molecular formula is C48H28O. The Morgan fingerprint density at radius 2 is 0.735 bits per heavy atom. The van der Waals surface area contributed by atoms with Crippen molar-refractivity contribution < 1.29 is 4.42 Å². The van der Waals surface area contributed by atoms with Gasteiger partial charge in [-0.1, -0.05) is 146 Å². The van der Waals surface area contributed by atoms with Gasteiger partial charge in [-0.2, -0.15) is 0 Å². The lowest BCUT2D eigenvalue weighted by atomic mass is 9.85. The summed E-state index contributed by atoms with van der Waals surface area (Å²) in [7, 11) is 0. The van der Waals surface area contributed by atoms with Gasteiger partial charge in [0, 0.05) is 16.3 Å². The number of hydrogen-bond acceptors (Lipinski definition) is 1. The van der Waals surface area contributed by atoms with Gasteiger partial charge >= 0.3 is 0 Å². The van der Waals surface area contributed by atoms with Gasteiger partial charge in [0.15, 0.2) is 0 Å². The standard InChI is InChI=1S/C48H28O/c1-2-10-29(11-3-1)34-16-7-21-42-44-28-33(23-25-45(44)49-48(34)42)31-13-6-12-30(26-31)32-22-24-37-40-19-8-17-38-35-14-4-5-15-36(35)39-18-9-20-41(43(37)27-32)47(39)46(38)40/h1-28H. The third-order valence-corrected chi connectivity index (χ3v) is 10.6. The average Bonchev–Trinajstić information content (AvgIpc) is 3.56. The first kappa shape index (κ1) is 26.6. The van der Waals surface area contributed by atoms with Gasteiger partial charge in [-0.3, -0.25) is 0 Å². The molecule has 1 heteroatoms. The molecule has 0 spiro atoms. The summed E-state index contributed by atoms with van der Waals surface area (Å²) >= 11 is 0. The molecule has 0 N–H and O–H groups in total. The Balaban J connectivity index is 1.08. The largest absolute Gasteiger partial charge is 0.455 e. The topological polar surface area (TPSA) is 13.1 Å². The quantitative estimate of drug-likeness (QED) is 0.141. The Bertz CT molecular complexity index is 3090. The molecule has 1 aromatic heterocycles. The van der Waals surface area contributed by atoms with Gasteiger partial charge < -0.3 is 4.42 Å². The first-order chi connectivity index (χ1) is 24.3. The van der Waals surface area contributed by atoms with Crippen LogP contribution in [0.1, 0.15) is 0 Å². The van der Waals surface area contributed by atoms with E-state index < -0.39 is 0 Å².